The maximum atomic E-state index is 3.16. The van der Waals surface area contributed by atoms with E-state index in [9.17, 15) is 0 Å². The Hall–Kier alpha value is -0.0400. The van der Waals surface area contributed by atoms with E-state index >= 15 is 0 Å². The smallest absolute Gasteiger partial charge is 0.00494 e. The third-order valence-corrected chi connectivity index (χ3v) is 1.67. The van der Waals surface area contributed by atoms with Gasteiger partial charge in [0.2, 0.25) is 0 Å². The fourth-order valence-electron chi connectivity index (χ4n) is 1.03. The number of nitrogens with one attached hydrogen (secondary N) is 1. The van der Waals surface area contributed by atoms with E-state index in [1.54, 1.807) is 0 Å². The average Bonchev–Trinajstić information content (AvgIpc) is 2.05. The molecule has 0 fully saturated rings. The SMILES string of the molecule is CC.CCCC(C)CCNC. The summed E-state index contributed by atoms with van der Waals surface area (Å²) in [5.74, 6) is 0.905. The van der Waals surface area contributed by atoms with Gasteiger partial charge in [-0.3, -0.25) is 0 Å². The molecule has 1 N–H and O–H groups in total. The topological polar surface area (TPSA) is 12.0 Å². The van der Waals surface area contributed by atoms with E-state index in [2.05, 4.69) is 19.2 Å². The van der Waals surface area contributed by atoms with Gasteiger partial charge in [-0.05, 0) is 25.9 Å². The van der Waals surface area contributed by atoms with Crippen LogP contribution in [0.15, 0.2) is 0 Å². The van der Waals surface area contributed by atoms with Gasteiger partial charge in [-0.15, -0.1) is 0 Å². The van der Waals surface area contributed by atoms with Crippen LogP contribution in [0.4, 0.5) is 0 Å². The minimum Gasteiger partial charge on any atom is -0.320 e. The number of hydrogen-bond donors (Lipinski definition) is 1. The molecule has 70 valence electrons. The van der Waals surface area contributed by atoms with Gasteiger partial charge >= 0.3 is 0 Å². The van der Waals surface area contributed by atoms with Crippen molar-refractivity contribution < 1.29 is 0 Å². The van der Waals surface area contributed by atoms with Crippen LogP contribution in [0.2, 0.25) is 0 Å². The van der Waals surface area contributed by atoms with Crippen molar-refractivity contribution in [2.24, 2.45) is 5.92 Å². The molecule has 0 aromatic rings. The summed E-state index contributed by atoms with van der Waals surface area (Å²) in [6.45, 7) is 9.73. The number of hydrogen-bond acceptors (Lipinski definition) is 1. The first-order valence-corrected chi connectivity index (χ1v) is 4.95. The second-order valence-electron chi connectivity index (χ2n) is 2.79. The van der Waals surface area contributed by atoms with Gasteiger partial charge in [0.25, 0.3) is 0 Å². The zero-order valence-corrected chi connectivity index (χ0v) is 8.91. The van der Waals surface area contributed by atoms with Crippen molar-refractivity contribution in [3.8, 4) is 0 Å². The Labute approximate surface area is 72.6 Å². The fourth-order valence-corrected chi connectivity index (χ4v) is 1.03. The predicted molar refractivity (Wildman–Crippen MR) is 54.0 cm³/mol. The molecule has 0 heterocycles. The molecule has 1 unspecified atom stereocenters. The summed E-state index contributed by atoms with van der Waals surface area (Å²) in [7, 11) is 2.01. The quantitative estimate of drug-likeness (QED) is 0.650. The maximum Gasteiger partial charge on any atom is -0.00494 e. The molecule has 0 saturated carbocycles. The summed E-state index contributed by atoms with van der Waals surface area (Å²) >= 11 is 0. The van der Waals surface area contributed by atoms with Gasteiger partial charge in [-0.25, -0.2) is 0 Å². The van der Waals surface area contributed by atoms with Gasteiger partial charge in [0.15, 0.2) is 0 Å². The summed E-state index contributed by atoms with van der Waals surface area (Å²) in [4.78, 5) is 0. The molecule has 0 aromatic heterocycles. The Morgan fingerprint density at radius 1 is 1.18 bits per heavy atom. The Morgan fingerprint density at radius 2 is 1.73 bits per heavy atom. The lowest BCUT2D eigenvalue weighted by atomic mass is 10.0. The first-order chi connectivity index (χ1) is 5.31. The lowest BCUT2D eigenvalue weighted by Crippen LogP contribution is -2.11. The van der Waals surface area contributed by atoms with Crippen LogP contribution in [-0.4, -0.2) is 13.6 Å². The molecule has 0 aliphatic carbocycles. The molecule has 0 aliphatic heterocycles. The Balaban J connectivity index is 0. The standard InChI is InChI=1S/C8H19N.C2H6/c1-4-5-8(2)6-7-9-3;1-2/h8-9H,4-7H2,1-3H3;1-2H3. The van der Waals surface area contributed by atoms with Crippen molar-refractivity contribution in [1.29, 1.82) is 0 Å². The normalized spacial score (nSPS) is 11.7. The van der Waals surface area contributed by atoms with Crippen LogP contribution >= 0.6 is 0 Å². The third kappa shape index (κ3) is 13.0. The summed E-state index contributed by atoms with van der Waals surface area (Å²) < 4.78 is 0. The summed E-state index contributed by atoms with van der Waals surface area (Å²) in [5, 5.41) is 3.16. The van der Waals surface area contributed by atoms with Gasteiger partial charge in [-0.1, -0.05) is 40.5 Å². The van der Waals surface area contributed by atoms with E-state index in [0.29, 0.717) is 0 Å². The van der Waals surface area contributed by atoms with E-state index < -0.39 is 0 Å². The van der Waals surface area contributed by atoms with Crippen molar-refractivity contribution in [2.75, 3.05) is 13.6 Å². The lowest BCUT2D eigenvalue weighted by molar-refractivity contribution is 0.476. The Bertz CT molecular complexity index is 52.8. The average molecular weight is 159 g/mol. The monoisotopic (exact) mass is 159 g/mol. The Morgan fingerprint density at radius 3 is 2.09 bits per heavy atom. The highest BCUT2D eigenvalue weighted by molar-refractivity contribution is 4.52. The lowest BCUT2D eigenvalue weighted by Gasteiger charge is -2.07. The van der Waals surface area contributed by atoms with Crippen LogP contribution in [0.3, 0.4) is 0 Å². The molecule has 1 atom stereocenters. The van der Waals surface area contributed by atoms with Crippen molar-refractivity contribution >= 4 is 0 Å². The van der Waals surface area contributed by atoms with Crippen LogP contribution in [0.5, 0.6) is 0 Å². The highest BCUT2D eigenvalue weighted by atomic mass is 14.8. The van der Waals surface area contributed by atoms with Crippen LogP contribution in [-0.2, 0) is 0 Å². The van der Waals surface area contributed by atoms with E-state index in [1.807, 2.05) is 20.9 Å². The van der Waals surface area contributed by atoms with E-state index in [0.717, 1.165) is 5.92 Å². The molecule has 0 saturated heterocycles. The highest BCUT2D eigenvalue weighted by Gasteiger charge is 1.97. The Kier molecular flexibility index (Phi) is 15.5. The van der Waals surface area contributed by atoms with Gasteiger partial charge < -0.3 is 5.32 Å². The van der Waals surface area contributed by atoms with E-state index in [-0.39, 0.29) is 0 Å². The molecule has 0 radical (unpaired) electrons. The van der Waals surface area contributed by atoms with Gasteiger partial charge in [0.1, 0.15) is 0 Å². The molecule has 1 nitrogen and oxygen atoms in total. The summed E-state index contributed by atoms with van der Waals surface area (Å²) in [5.41, 5.74) is 0. The third-order valence-electron chi connectivity index (χ3n) is 1.67. The molecule has 0 spiro atoms. The minimum atomic E-state index is 0.905. The zero-order chi connectivity index (χ0) is 9.11. The largest absolute Gasteiger partial charge is 0.320 e. The molecule has 0 rings (SSSR count). The van der Waals surface area contributed by atoms with Gasteiger partial charge in [-0.2, -0.15) is 0 Å². The molecule has 0 amide bonds. The first-order valence-electron chi connectivity index (χ1n) is 4.95. The van der Waals surface area contributed by atoms with Crippen molar-refractivity contribution in [3.05, 3.63) is 0 Å². The van der Waals surface area contributed by atoms with Crippen molar-refractivity contribution in [1.82, 2.24) is 5.32 Å². The summed E-state index contributed by atoms with van der Waals surface area (Å²) in [6.07, 6.45) is 4.02. The minimum absolute atomic E-state index is 0.905. The molecule has 0 bridgehead atoms. The van der Waals surface area contributed by atoms with Crippen molar-refractivity contribution in [3.63, 3.8) is 0 Å². The zero-order valence-electron chi connectivity index (χ0n) is 8.91. The van der Waals surface area contributed by atoms with E-state index in [1.165, 1.54) is 25.8 Å². The first kappa shape index (κ1) is 13.5. The predicted octanol–water partition coefficient (Wildman–Crippen LogP) is 3.06. The maximum absolute atomic E-state index is 3.16. The van der Waals surface area contributed by atoms with Gasteiger partial charge in [0, 0.05) is 0 Å². The van der Waals surface area contributed by atoms with Gasteiger partial charge in [0.05, 0.1) is 0 Å². The molecule has 0 aliphatic rings. The van der Waals surface area contributed by atoms with Crippen molar-refractivity contribution in [2.45, 2.75) is 47.0 Å². The number of rotatable bonds is 5. The van der Waals surface area contributed by atoms with Crippen LogP contribution in [0, 0.1) is 5.92 Å². The summed E-state index contributed by atoms with van der Waals surface area (Å²) in [6, 6.07) is 0. The molecule has 11 heavy (non-hydrogen) atoms. The molecule has 1 heteroatoms. The van der Waals surface area contributed by atoms with Crippen LogP contribution in [0.1, 0.15) is 47.0 Å². The molecule has 0 aromatic carbocycles. The molecular formula is C10H25N. The van der Waals surface area contributed by atoms with Crippen LogP contribution in [0.25, 0.3) is 0 Å². The fraction of sp³-hybridized carbons (Fsp3) is 1.00. The second kappa shape index (κ2) is 12.6. The van der Waals surface area contributed by atoms with E-state index in [4.69, 9.17) is 0 Å². The highest BCUT2D eigenvalue weighted by Crippen LogP contribution is 2.07. The van der Waals surface area contributed by atoms with Crippen LogP contribution < -0.4 is 5.32 Å². The second-order valence-corrected chi connectivity index (χ2v) is 2.79. The molecular weight excluding hydrogens is 134 g/mol.